The number of halogens is 2. The lowest BCUT2D eigenvalue weighted by atomic mass is 9.74. The van der Waals surface area contributed by atoms with Crippen LogP contribution in [0.4, 0.5) is 0 Å². The van der Waals surface area contributed by atoms with Crippen molar-refractivity contribution < 1.29 is 4.74 Å². The lowest BCUT2D eigenvalue weighted by Gasteiger charge is -2.47. The Morgan fingerprint density at radius 3 is 2.94 bits per heavy atom. The fraction of sp³-hybridized carbons (Fsp3) is 0.615. The van der Waals surface area contributed by atoms with E-state index in [-0.39, 0.29) is 11.6 Å². The van der Waals surface area contributed by atoms with Crippen molar-refractivity contribution >= 4 is 31.9 Å². The van der Waals surface area contributed by atoms with Gasteiger partial charge in [0.15, 0.2) is 0 Å². The summed E-state index contributed by atoms with van der Waals surface area (Å²) < 4.78 is 9.07. The van der Waals surface area contributed by atoms with E-state index >= 15 is 0 Å². The molecule has 0 aliphatic heterocycles. The largest absolute Gasteiger partial charge is 0.369 e. The molecule has 1 saturated carbocycles. The van der Waals surface area contributed by atoms with Crippen molar-refractivity contribution in [2.75, 3.05) is 11.9 Å². The summed E-state index contributed by atoms with van der Waals surface area (Å²) in [5.41, 5.74) is -0.224. The molecular formula is C13H18Br2N2O. The van der Waals surface area contributed by atoms with Gasteiger partial charge in [0, 0.05) is 18.1 Å². The van der Waals surface area contributed by atoms with Crippen molar-refractivity contribution in [2.24, 2.45) is 0 Å². The first-order valence-electron chi connectivity index (χ1n) is 6.25. The Kier molecular flexibility index (Phi) is 5.04. The molecule has 0 radical (unpaired) electrons. The number of rotatable bonds is 7. The van der Waals surface area contributed by atoms with Gasteiger partial charge in [-0.15, -0.1) is 6.58 Å². The molecule has 0 bridgehead atoms. The molecule has 3 nitrogen and oxygen atoms in total. The van der Waals surface area contributed by atoms with Crippen LogP contribution in [0.25, 0.3) is 0 Å². The van der Waals surface area contributed by atoms with Crippen molar-refractivity contribution in [3.8, 4) is 0 Å². The van der Waals surface area contributed by atoms with Crippen molar-refractivity contribution in [3.63, 3.8) is 0 Å². The van der Waals surface area contributed by atoms with Crippen LogP contribution < -0.4 is 0 Å². The zero-order valence-electron chi connectivity index (χ0n) is 10.3. The molecule has 1 fully saturated rings. The van der Waals surface area contributed by atoms with E-state index in [0.29, 0.717) is 0 Å². The average Bonchev–Trinajstić information content (AvgIpc) is 2.74. The van der Waals surface area contributed by atoms with Gasteiger partial charge in [-0.3, -0.25) is 4.68 Å². The number of nitrogens with zero attached hydrogens (tertiary/aromatic N) is 2. The summed E-state index contributed by atoms with van der Waals surface area (Å²) >= 11 is 6.87. The first-order chi connectivity index (χ1) is 8.72. The lowest BCUT2D eigenvalue weighted by molar-refractivity contribution is -0.107. The summed E-state index contributed by atoms with van der Waals surface area (Å²) in [6.45, 7) is 4.74. The van der Waals surface area contributed by atoms with Crippen molar-refractivity contribution in [1.29, 1.82) is 0 Å². The van der Waals surface area contributed by atoms with Crippen LogP contribution in [0.5, 0.6) is 0 Å². The van der Waals surface area contributed by atoms with Gasteiger partial charge >= 0.3 is 0 Å². The molecule has 2 rings (SSSR count). The minimum atomic E-state index is -0.224. The standard InChI is InChI=1S/C13H18Br2N2O/c1-2-13(18-8-4-3-7-14)6-5-12(13)17-10-11(15)9-16-17/h2,9-10,12H,1,3-8H2/t12-,13-/m1/s1. The maximum atomic E-state index is 6.08. The normalized spacial score (nSPS) is 26.9. The summed E-state index contributed by atoms with van der Waals surface area (Å²) in [5, 5.41) is 5.39. The molecule has 100 valence electrons. The molecular weight excluding hydrogens is 360 g/mol. The van der Waals surface area contributed by atoms with Gasteiger partial charge in [0.2, 0.25) is 0 Å². The van der Waals surface area contributed by atoms with Gasteiger partial charge < -0.3 is 4.74 Å². The Bertz CT molecular complexity index is 407. The highest BCUT2D eigenvalue weighted by Gasteiger charge is 2.47. The molecule has 1 aliphatic rings. The summed E-state index contributed by atoms with van der Waals surface area (Å²) in [6.07, 6.45) is 10.1. The molecule has 18 heavy (non-hydrogen) atoms. The maximum Gasteiger partial charge on any atom is 0.108 e. The van der Waals surface area contributed by atoms with E-state index in [1.807, 2.05) is 23.2 Å². The Labute approximate surface area is 125 Å². The van der Waals surface area contributed by atoms with Gasteiger partial charge in [0.05, 0.1) is 16.7 Å². The highest BCUT2D eigenvalue weighted by Crippen LogP contribution is 2.46. The van der Waals surface area contributed by atoms with Crippen LogP contribution in [0.2, 0.25) is 0 Å². The topological polar surface area (TPSA) is 27.1 Å². The monoisotopic (exact) mass is 376 g/mol. The van der Waals surface area contributed by atoms with E-state index in [1.54, 1.807) is 0 Å². The van der Waals surface area contributed by atoms with Gasteiger partial charge in [0.25, 0.3) is 0 Å². The van der Waals surface area contributed by atoms with Crippen LogP contribution in [0, 0.1) is 0 Å². The van der Waals surface area contributed by atoms with E-state index in [4.69, 9.17) is 4.74 Å². The van der Waals surface area contributed by atoms with Gasteiger partial charge in [-0.25, -0.2) is 0 Å². The Morgan fingerprint density at radius 1 is 1.61 bits per heavy atom. The molecule has 0 amide bonds. The molecule has 2 atom stereocenters. The van der Waals surface area contributed by atoms with Gasteiger partial charge in [0.1, 0.15) is 5.60 Å². The van der Waals surface area contributed by atoms with Crippen molar-refractivity contribution in [1.82, 2.24) is 9.78 Å². The number of unbranched alkanes of at least 4 members (excludes halogenated alkanes) is 1. The van der Waals surface area contributed by atoms with E-state index in [2.05, 4.69) is 43.5 Å². The quantitative estimate of drug-likeness (QED) is 0.406. The minimum Gasteiger partial charge on any atom is -0.369 e. The Morgan fingerprint density at radius 2 is 2.44 bits per heavy atom. The molecule has 1 aromatic heterocycles. The zero-order chi connectivity index (χ0) is 13.0. The summed E-state index contributed by atoms with van der Waals surface area (Å²) in [6, 6.07) is 0.283. The third-order valence-corrected chi connectivity index (χ3v) is 4.48. The van der Waals surface area contributed by atoms with Crippen LogP contribution in [0.15, 0.2) is 29.5 Å². The Hall–Kier alpha value is -0.130. The second kappa shape index (κ2) is 6.35. The van der Waals surface area contributed by atoms with Gasteiger partial charge in [-0.1, -0.05) is 22.0 Å². The number of aromatic nitrogens is 2. The van der Waals surface area contributed by atoms with Gasteiger partial charge in [-0.05, 0) is 41.6 Å². The number of hydrogen-bond donors (Lipinski definition) is 0. The second-order valence-electron chi connectivity index (χ2n) is 4.60. The summed E-state index contributed by atoms with van der Waals surface area (Å²) in [7, 11) is 0. The zero-order valence-corrected chi connectivity index (χ0v) is 13.5. The fourth-order valence-corrected chi connectivity index (χ4v) is 3.02. The molecule has 0 saturated heterocycles. The molecule has 1 aromatic rings. The van der Waals surface area contributed by atoms with Crippen LogP contribution in [0.3, 0.4) is 0 Å². The smallest absolute Gasteiger partial charge is 0.108 e. The first kappa shape index (κ1) is 14.3. The second-order valence-corrected chi connectivity index (χ2v) is 6.31. The van der Waals surface area contributed by atoms with Crippen molar-refractivity contribution in [3.05, 3.63) is 29.5 Å². The van der Waals surface area contributed by atoms with Crippen LogP contribution in [-0.2, 0) is 4.74 Å². The Balaban J connectivity index is 1.97. The first-order valence-corrected chi connectivity index (χ1v) is 8.16. The predicted octanol–water partition coefficient (Wildman–Crippen LogP) is 4.10. The SMILES string of the molecule is C=C[C@@]1(OCCCCBr)CC[C@H]1n1cc(Br)cn1. The fourth-order valence-electron chi connectivity index (χ4n) is 2.32. The maximum absolute atomic E-state index is 6.08. The number of alkyl halides is 1. The van der Waals surface area contributed by atoms with E-state index < -0.39 is 0 Å². The van der Waals surface area contributed by atoms with Crippen molar-refractivity contribution in [2.45, 2.75) is 37.3 Å². The third-order valence-electron chi connectivity index (χ3n) is 3.51. The molecule has 5 heteroatoms. The van der Waals surface area contributed by atoms with Crippen LogP contribution in [0.1, 0.15) is 31.7 Å². The molecule has 0 N–H and O–H groups in total. The molecule has 1 aliphatic carbocycles. The third kappa shape index (κ3) is 2.89. The molecule has 1 heterocycles. The van der Waals surface area contributed by atoms with Gasteiger partial charge in [-0.2, -0.15) is 5.10 Å². The molecule has 0 spiro atoms. The van der Waals surface area contributed by atoms with Crippen LogP contribution in [-0.4, -0.2) is 27.3 Å². The molecule has 0 aromatic carbocycles. The highest BCUT2D eigenvalue weighted by molar-refractivity contribution is 9.10. The lowest BCUT2D eigenvalue weighted by Crippen LogP contribution is -2.49. The average molecular weight is 378 g/mol. The van der Waals surface area contributed by atoms with E-state index in [9.17, 15) is 0 Å². The number of hydrogen-bond acceptors (Lipinski definition) is 2. The summed E-state index contributed by atoms with van der Waals surface area (Å²) in [4.78, 5) is 0. The summed E-state index contributed by atoms with van der Waals surface area (Å²) in [5.74, 6) is 0. The van der Waals surface area contributed by atoms with E-state index in [0.717, 1.165) is 42.1 Å². The van der Waals surface area contributed by atoms with Crippen LogP contribution >= 0.6 is 31.9 Å². The highest BCUT2D eigenvalue weighted by atomic mass is 79.9. The molecule has 0 unspecified atom stereocenters. The minimum absolute atomic E-state index is 0.224. The van der Waals surface area contributed by atoms with E-state index in [1.165, 1.54) is 0 Å². The number of ether oxygens (including phenoxy) is 1. The predicted molar refractivity (Wildman–Crippen MR) is 80.1 cm³/mol.